The summed E-state index contributed by atoms with van der Waals surface area (Å²) in [6.07, 6.45) is 5.37. The van der Waals surface area contributed by atoms with E-state index in [9.17, 15) is 0 Å². The van der Waals surface area contributed by atoms with Crippen LogP contribution in [0.1, 0.15) is 11.1 Å². The minimum Gasteiger partial charge on any atom is -0.453 e. The first-order valence-electron chi connectivity index (χ1n) is 8.01. The molecule has 2 aromatic heterocycles. The second-order valence-corrected chi connectivity index (χ2v) is 6.96. The standard InChI is InChI=1S/C19H15ClN4OS/c20-15-3-5-16(6-4-15)24-13-25-18(23-24)17-2-1-9-22-19(17)26-12-14-7-10-21-11-8-14/h1-11H,12-13H2. The van der Waals surface area contributed by atoms with E-state index in [-0.39, 0.29) is 0 Å². The largest absolute Gasteiger partial charge is 0.453 e. The second-order valence-electron chi connectivity index (χ2n) is 5.55. The van der Waals surface area contributed by atoms with Crippen LogP contribution < -0.4 is 5.01 Å². The summed E-state index contributed by atoms with van der Waals surface area (Å²) in [6.45, 7) is 0.361. The lowest BCUT2D eigenvalue weighted by atomic mass is 10.3. The van der Waals surface area contributed by atoms with Crippen molar-refractivity contribution in [3.63, 3.8) is 0 Å². The number of nitrogens with zero attached hydrogens (tertiary/aromatic N) is 4. The number of pyridine rings is 2. The van der Waals surface area contributed by atoms with Gasteiger partial charge in [-0.15, -0.1) is 16.9 Å². The molecule has 130 valence electrons. The fourth-order valence-corrected chi connectivity index (χ4v) is 3.53. The van der Waals surface area contributed by atoms with Crippen molar-refractivity contribution in [2.24, 2.45) is 5.10 Å². The van der Waals surface area contributed by atoms with Crippen molar-refractivity contribution in [1.29, 1.82) is 0 Å². The van der Waals surface area contributed by atoms with Crippen LogP contribution >= 0.6 is 23.4 Å². The van der Waals surface area contributed by atoms with Gasteiger partial charge < -0.3 is 4.74 Å². The summed E-state index contributed by atoms with van der Waals surface area (Å²) in [5.74, 6) is 1.38. The molecule has 0 atom stereocenters. The van der Waals surface area contributed by atoms with E-state index in [4.69, 9.17) is 16.3 Å². The van der Waals surface area contributed by atoms with Gasteiger partial charge in [0.2, 0.25) is 5.90 Å². The van der Waals surface area contributed by atoms with Crippen LogP contribution in [0, 0.1) is 0 Å². The molecule has 0 saturated heterocycles. The molecule has 3 aromatic rings. The zero-order valence-corrected chi connectivity index (χ0v) is 15.3. The number of thioether (sulfide) groups is 1. The third kappa shape index (κ3) is 3.81. The third-order valence-corrected chi connectivity index (χ3v) is 5.11. The van der Waals surface area contributed by atoms with Crippen LogP contribution in [0.15, 0.2) is 77.2 Å². The van der Waals surface area contributed by atoms with E-state index >= 15 is 0 Å². The SMILES string of the molecule is Clc1ccc(N2COC(c3cccnc3SCc3ccncc3)=N2)cc1. The summed E-state index contributed by atoms with van der Waals surface area (Å²) in [6, 6.07) is 15.4. The van der Waals surface area contributed by atoms with Gasteiger partial charge in [0.25, 0.3) is 0 Å². The molecule has 26 heavy (non-hydrogen) atoms. The molecule has 3 heterocycles. The number of aromatic nitrogens is 2. The number of benzene rings is 1. The summed E-state index contributed by atoms with van der Waals surface area (Å²) in [7, 11) is 0. The Balaban J connectivity index is 1.54. The van der Waals surface area contributed by atoms with Gasteiger partial charge in [-0.05, 0) is 54.1 Å². The molecule has 0 amide bonds. The monoisotopic (exact) mass is 382 g/mol. The van der Waals surface area contributed by atoms with E-state index in [2.05, 4.69) is 15.1 Å². The molecule has 0 N–H and O–H groups in total. The van der Waals surface area contributed by atoms with Gasteiger partial charge in [-0.2, -0.15) is 0 Å². The lowest BCUT2D eigenvalue weighted by molar-refractivity contribution is 0.337. The van der Waals surface area contributed by atoms with Crippen molar-refractivity contribution >= 4 is 34.9 Å². The smallest absolute Gasteiger partial charge is 0.243 e. The molecule has 0 saturated carbocycles. The number of hydrazone groups is 1. The summed E-state index contributed by atoms with van der Waals surface area (Å²) in [4.78, 5) is 8.54. The van der Waals surface area contributed by atoms with Crippen LogP contribution in [0.2, 0.25) is 5.02 Å². The highest BCUT2D eigenvalue weighted by molar-refractivity contribution is 7.98. The maximum atomic E-state index is 5.95. The minimum atomic E-state index is 0.361. The highest BCUT2D eigenvalue weighted by Crippen LogP contribution is 2.28. The Labute approximate surface area is 160 Å². The van der Waals surface area contributed by atoms with Gasteiger partial charge in [-0.1, -0.05) is 11.6 Å². The van der Waals surface area contributed by atoms with Crippen LogP contribution in [0.5, 0.6) is 0 Å². The molecule has 1 aliphatic heterocycles. The average molecular weight is 383 g/mol. The van der Waals surface area contributed by atoms with E-state index in [0.29, 0.717) is 17.7 Å². The van der Waals surface area contributed by atoms with Crippen LogP contribution in [-0.4, -0.2) is 22.6 Å². The molecular weight excluding hydrogens is 368 g/mol. The zero-order valence-electron chi connectivity index (χ0n) is 13.7. The zero-order chi connectivity index (χ0) is 17.8. The Kier molecular flexibility index (Phi) is 5.04. The Bertz CT molecular complexity index is 918. The number of ether oxygens (including phenoxy) is 1. The van der Waals surface area contributed by atoms with Gasteiger partial charge in [0.1, 0.15) is 5.03 Å². The number of halogens is 1. The van der Waals surface area contributed by atoms with Gasteiger partial charge in [-0.25, -0.2) is 9.99 Å². The fraction of sp³-hybridized carbons (Fsp3) is 0.105. The van der Waals surface area contributed by atoms with E-state index in [0.717, 1.165) is 22.0 Å². The van der Waals surface area contributed by atoms with E-state index in [1.807, 2.05) is 48.5 Å². The highest BCUT2D eigenvalue weighted by atomic mass is 35.5. The van der Waals surface area contributed by atoms with Crippen molar-refractivity contribution in [3.8, 4) is 0 Å². The molecule has 0 radical (unpaired) electrons. The topological polar surface area (TPSA) is 50.6 Å². The van der Waals surface area contributed by atoms with Crippen molar-refractivity contribution in [1.82, 2.24) is 9.97 Å². The Morgan fingerprint density at radius 1 is 1.04 bits per heavy atom. The Hall–Kier alpha value is -2.57. The van der Waals surface area contributed by atoms with E-state index in [1.54, 1.807) is 35.4 Å². The first-order valence-corrected chi connectivity index (χ1v) is 9.37. The molecular formula is C19H15ClN4OS. The molecule has 0 aliphatic carbocycles. The quantitative estimate of drug-likeness (QED) is 0.604. The lowest BCUT2D eigenvalue weighted by Gasteiger charge is -2.10. The third-order valence-electron chi connectivity index (χ3n) is 3.79. The Morgan fingerprint density at radius 2 is 1.85 bits per heavy atom. The molecule has 0 bridgehead atoms. The fourth-order valence-electron chi connectivity index (χ4n) is 2.47. The number of anilines is 1. The van der Waals surface area contributed by atoms with Crippen LogP contribution in [0.4, 0.5) is 5.69 Å². The van der Waals surface area contributed by atoms with Gasteiger partial charge in [0.05, 0.1) is 11.3 Å². The molecule has 1 aromatic carbocycles. The number of hydrogen-bond donors (Lipinski definition) is 0. The van der Waals surface area contributed by atoms with Gasteiger partial charge >= 0.3 is 0 Å². The predicted molar refractivity (Wildman–Crippen MR) is 104 cm³/mol. The normalized spacial score (nSPS) is 13.4. The molecule has 7 heteroatoms. The number of rotatable bonds is 5. The van der Waals surface area contributed by atoms with Crippen LogP contribution in [-0.2, 0) is 10.5 Å². The summed E-state index contributed by atoms with van der Waals surface area (Å²) < 4.78 is 5.81. The van der Waals surface area contributed by atoms with Crippen molar-refractivity contribution in [3.05, 3.63) is 83.3 Å². The molecule has 0 unspecified atom stereocenters. The first kappa shape index (κ1) is 16.9. The van der Waals surface area contributed by atoms with Crippen molar-refractivity contribution in [2.45, 2.75) is 10.8 Å². The summed E-state index contributed by atoms with van der Waals surface area (Å²) in [5.41, 5.74) is 3.01. The number of hydrogen-bond acceptors (Lipinski definition) is 6. The van der Waals surface area contributed by atoms with Gasteiger partial charge in [0.15, 0.2) is 6.73 Å². The summed E-state index contributed by atoms with van der Waals surface area (Å²) in [5, 5.41) is 7.98. The predicted octanol–water partition coefficient (Wildman–Crippen LogP) is 4.58. The van der Waals surface area contributed by atoms with Gasteiger partial charge in [-0.3, -0.25) is 4.98 Å². The van der Waals surface area contributed by atoms with Crippen LogP contribution in [0.3, 0.4) is 0 Å². The Morgan fingerprint density at radius 3 is 2.65 bits per heavy atom. The minimum absolute atomic E-state index is 0.361. The molecule has 0 fully saturated rings. The molecule has 1 aliphatic rings. The van der Waals surface area contributed by atoms with Crippen LogP contribution in [0.25, 0.3) is 0 Å². The maximum absolute atomic E-state index is 5.95. The second kappa shape index (κ2) is 7.76. The molecule has 4 rings (SSSR count). The first-order chi connectivity index (χ1) is 12.8. The molecule has 5 nitrogen and oxygen atoms in total. The van der Waals surface area contributed by atoms with Gasteiger partial charge in [0, 0.05) is 29.4 Å². The van der Waals surface area contributed by atoms with E-state index < -0.39 is 0 Å². The lowest BCUT2D eigenvalue weighted by Crippen LogP contribution is -2.12. The van der Waals surface area contributed by atoms with Crippen molar-refractivity contribution in [2.75, 3.05) is 11.7 Å². The van der Waals surface area contributed by atoms with E-state index in [1.165, 1.54) is 5.56 Å². The van der Waals surface area contributed by atoms with Crippen molar-refractivity contribution < 1.29 is 4.74 Å². The maximum Gasteiger partial charge on any atom is 0.243 e. The average Bonchev–Trinajstić information content (AvgIpc) is 3.18. The summed E-state index contributed by atoms with van der Waals surface area (Å²) >= 11 is 7.60. The highest BCUT2D eigenvalue weighted by Gasteiger charge is 2.21. The molecule has 0 spiro atoms.